The molecule has 1 atom stereocenters. The molecule has 1 saturated carbocycles. The Kier molecular flexibility index (Phi) is 2.96. The fraction of sp³-hybridized carbons (Fsp3) is 0.643. The largest absolute Gasteiger partial charge is 0.318 e. The first-order valence-corrected chi connectivity index (χ1v) is 10.1. The molecule has 2 aliphatic heterocycles. The van der Waals surface area contributed by atoms with E-state index in [2.05, 4.69) is 10.7 Å². The first-order valence-electron chi connectivity index (χ1n) is 7.34. The molecule has 1 aromatic heterocycles. The van der Waals surface area contributed by atoms with Crippen molar-refractivity contribution in [3.8, 4) is 0 Å². The predicted molar refractivity (Wildman–Crippen MR) is 80.7 cm³/mol. The highest BCUT2D eigenvalue weighted by Gasteiger charge is 2.60. The lowest BCUT2D eigenvalue weighted by atomic mass is 10.1. The molecule has 1 spiro atoms. The summed E-state index contributed by atoms with van der Waals surface area (Å²) in [6.45, 7) is 0. The average Bonchev–Trinajstić information content (AvgIpc) is 2.92. The van der Waals surface area contributed by atoms with E-state index in [9.17, 15) is 13.2 Å². The molecule has 0 bridgehead atoms. The second-order valence-corrected chi connectivity index (χ2v) is 9.36. The Morgan fingerprint density at radius 3 is 2.57 bits per heavy atom. The first-order chi connectivity index (χ1) is 10.0. The molecule has 1 N–H and O–H groups in total. The van der Waals surface area contributed by atoms with Crippen LogP contribution in [0.25, 0.3) is 0 Å². The average molecular weight is 326 g/mol. The molecule has 0 radical (unpaired) electrons. The Bertz CT molecular complexity index is 650. The van der Waals surface area contributed by atoms with E-state index >= 15 is 0 Å². The van der Waals surface area contributed by atoms with Gasteiger partial charge in [-0.25, -0.2) is 8.42 Å². The number of nitrogens with one attached hydrogen (secondary N) is 1. The predicted octanol–water partition coefficient (Wildman–Crippen LogP) is 1.29. The topological polar surface area (TPSA) is 66.5 Å². The van der Waals surface area contributed by atoms with Gasteiger partial charge in [0.25, 0.3) is 0 Å². The second-order valence-electron chi connectivity index (χ2n) is 6.28. The summed E-state index contributed by atoms with van der Waals surface area (Å²) in [5, 5.41) is 7.58. The molecular formula is C14H18N2O3S2. The van der Waals surface area contributed by atoms with Crippen LogP contribution in [0.4, 0.5) is 0 Å². The van der Waals surface area contributed by atoms with Gasteiger partial charge in [-0.1, -0.05) is 0 Å². The number of carbonyl (C=O) groups excluding carboxylic acids is 1. The first kappa shape index (κ1) is 13.7. The van der Waals surface area contributed by atoms with Crippen molar-refractivity contribution in [1.29, 1.82) is 0 Å². The van der Waals surface area contributed by atoms with Gasteiger partial charge >= 0.3 is 0 Å². The van der Waals surface area contributed by atoms with Gasteiger partial charge in [0, 0.05) is 6.04 Å². The zero-order valence-electron chi connectivity index (χ0n) is 11.6. The number of thiophene rings is 1. The minimum Gasteiger partial charge on any atom is -0.318 e. The highest BCUT2D eigenvalue weighted by atomic mass is 32.2. The summed E-state index contributed by atoms with van der Waals surface area (Å²) in [4.78, 5) is 14.7. The number of nitrogens with zero attached hydrogens (tertiary/aromatic N) is 1. The highest BCUT2D eigenvalue weighted by Crippen LogP contribution is 2.47. The maximum Gasteiger partial charge on any atom is 0.244 e. The van der Waals surface area contributed by atoms with E-state index in [-0.39, 0.29) is 35.2 Å². The zero-order valence-corrected chi connectivity index (χ0v) is 13.3. The van der Waals surface area contributed by atoms with Crippen LogP contribution in [-0.2, 0) is 14.6 Å². The molecule has 3 fully saturated rings. The lowest BCUT2D eigenvalue weighted by Gasteiger charge is -2.34. The van der Waals surface area contributed by atoms with Crippen molar-refractivity contribution < 1.29 is 13.2 Å². The van der Waals surface area contributed by atoms with E-state index in [4.69, 9.17) is 0 Å². The Balaban J connectivity index is 1.63. The van der Waals surface area contributed by atoms with Crippen LogP contribution in [0.2, 0.25) is 0 Å². The molecule has 1 unspecified atom stereocenters. The van der Waals surface area contributed by atoms with Crippen LogP contribution >= 0.6 is 11.3 Å². The Morgan fingerprint density at radius 2 is 2.00 bits per heavy atom. The van der Waals surface area contributed by atoms with E-state index in [0.717, 1.165) is 18.4 Å². The third kappa shape index (κ3) is 2.22. The van der Waals surface area contributed by atoms with Gasteiger partial charge in [0.1, 0.15) is 21.5 Å². The zero-order chi connectivity index (χ0) is 14.7. The molecule has 5 nitrogen and oxygen atoms in total. The second kappa shape index (κ2) is 4.54. The molecule has 4 rings (SSSR count). The smallest absolute Gasteiger partial charge is 0.244 e. The van der Waals surface area contributed by atoms with E-state index in [0.29, 0.717) is 12.8 Å². The number of hydrogen-bond acceptors (Lipinski definition) is 5. The van der Waals surface area contributed by atoms with Gasteiger partial charge in [-0.3, -0.25) is 10.1 Å². The molecule has 3 aliphatic rings. The third-order valence-electron chi connectivity index (χ3n) is 4.86. The number of hydrogen-bond donors (Lipinski definition) is 1. The van der Waals surface area contributed by atoms with Crippen LogP contribution in [-0.4, -0.2) is 42.3 Å². The van der Waals surface area contributed by atoms with Gasteiger partial charge in [0.15, 0.2) is 0 Å². The molecule has 1 amide bonds. The van der Waals surface area contributed by atoms with Crippen molar-refractivity contribution >= 4 is 27.1 Å². The summed E-state index contributed by atoms with van der Waals surface area (Å²) in [6.07, 6.45) is 2.83. The van der Waals surface area contributed by atoms with Gasteiger partial charge in [-0.15, -0.1) is 0 Å². The minimum absolute atomic E-state index is 0.0402. The van der Waals surface area contributed by atoms with Crippen LogP contribution in [0.3, 0.4) is 0 Å². The summed E-state index contributed by atoms with van der Waals surface area (Å²) in [5.74, 6) is 0.568. The highest BCUT2D eigenvalue weighted by molar-refractivity contribution is 7.91. The van der Waals surface area contributed by atoms with Crippen molar-refractivity contribution in [3.05, 3.63) is 22.4 Å². The fourth-order valence-electron chi connectivity index (χ4n) is 3.45. The SMILES string of the molecule is O=C1N(C2CCS(=O)(=O)CC2)C(c2ccsc2)NC12CC2. The Labute approximate surface area is 128 Å². The van der Waals surface area contributed by atoms with Crippen LogP contribution in [0, 0.1) is 0 Å². The van der Waals surface area contributed by atoms with Crippen molar-refractivity contribution in [2.75, 3.05) is 11.5 Å². The summed E-state index contributed by atoms with van der Waals surface area (Å²) < 4.78 is 23.3. The van der Waals surface area contributed by atoms with Crippen molar-refractivity contribution in [2.45, 2.75) is 43.4 Å². The molecule has 21 heavy (non-hydrogen) atoms. The maximum atomic E-state index is 12.8. The summed E-state index contributed by atoms with van der Waals surface area (Å²) in [5.41, 5.74) is 0.758. The summed E-state index contributed by atoms with van der Waals surface area (Å²) in [7, 11) is -2.90. The number of sulfone groups is 1. The molecule has 1 aliphatic carbocycles. The monoisotopic (exact) mass is 326 g/mol. The lowest BCUT2D eigenvalue weighted by molar-refractivity contribution is -0.133. The van der Waals surface area contributed by atoms with Crippen LogP contribution in [0.1, 0.15) is 37.4 Å². The minimum atomic E-state index is -2.90. The summed E-state index contributed by atoms with van der Waals surface area (Å²) >= 11 is 1.62. The molecule has 114 valence electrons. The third-order valence-corrected chi connectivity index (χ3v) is 7.28. The maximum absolute atomic E-state index is 12.8. The molecular weight excluding hydrogens is 308 g/mol. The van der Waals surface area contributed by atoms with E-state index in [1.807, 2.05) is 16.3 Å². The van der Waals surface area contributed by atoms with Crippen molar-refractivity contribution in [3.63, 3.8) is 0 Å². The summed E-state index contributed by atoms with van der Waals surface area (Å²) in [6, 6.07) is 2.09. The fourth-order valence-corrected chi connectivity index (χ4v) is 5.59. The van der Waals surface area contributed by atoms with Gasteiger partial charge in [-0.2, -0.15) is 11.3 Å². The lowest BCUT2D eigenvalue weighted by Crippen LogP contribution is -2.44. The van der Waals surface area contributed by atoms with E-state index in [1.165, 1.54) is 0 Å². The number of amides is 1. The molecule has 0 aromatic carbocycles. The Hall–Kier alpha value is -0.920. The van der Waals surface area contributed by atoms with Crippen LogP contribution in [0.5, 0.6) is 0 Å². The van der Waals surface area contributed by atoms with Crippen LogP contribution in [0.15, 0.2) is 16.8 Å². The quantitative estimate of drug-likeness (QED) is 0.889. The molecule has 1 aromatic rings. The Morgan fingerprint density at radius 1 is 1.29 bits per heavy atom. The van der Waals surface area contributed by atoms with E-state index < -0.39 is 9.84 Å². The van der Waals surface area contributed by atoms with E-state index in [1.54, 1.807) is 11.3 Å². The number of rotatable bonds is 2. The van der Waals surface area contributed by atoms with Crippen molar-refractivity contribution in [1.82, 2.24) is 10.2 Å². The van der Waals surface area contributed by atoms with Gasteiger partial charge in [0.05, 0.1) is 11.5 Å². The number of carbonyl (C=O) groups is 1. The normalized spacial score (nSPS) is 31.0. The van der Waals surface area contributed by atoms with Gasteiger partial charge in [-0.05, 0) is 48.1 Å². The molecule has 7 heteroatoms. The standard InChI is InChI=1S/C14H18N2O3S2/c17-13-14(4-5-14)15-12(10-1-6-20-9-10)16(13)11-2-7-21(18,19)8-3-11/h1,6,9,11-12,15H,2-5,7-8H2. The molecule has 2 saturated heterocycles. The molecule has 3 heterocycles. The van der Waals surface area contributed by atoms with Crippen molar-refractivity contribution in [2.24, 2.45) is 0 Å². The van der Waals surface area contributed by atoms with Crippen LogP contribution < -0.4 is 5.32 Å². The van der Waals surface area contributed by atoms with Gasteiger partial charge in [0.2, 0.25) is 5.91 Å². The van der Waals surface area contributed by atoms with Gasteiger partial charge < -0.3 is 4.90 Å².